The van der Waals surface area contributed by atoms with Crippen LogP contribution in [0.5, 0.6) is 0 Å². The number of aryl methyl sites for hydroxylation is 2. The highest BCUT2D eigenvalue weighted by Gasteiger charge is 2.22. The molecular formula is C16H28N2O3. The van der Waals surface area contributed by atoms with Crippen molar-refractivity contribution in [3.8, 4) is 0 Å². The van der Waals surface area contributed by atoms with Gasteiger partial charge in [0.15, 0.2) is 0 Å². The number of carbonyl (C=O) groups excluding carboxylic acids is 1. The number of nitrogens with zero attached hydrogens (tertiary/aromatic N) is 1. The number of hydrogen-bond donors (Lipinski definition) is 2. The Balaban J connectivity index is 2.70. The number of amides is 1. The Morgan fingerprint density at radius 3 is 2.48 bits per heavy atom. The molecule has 5 nitrogen and oxygen atoms in total. The molecule has 1 atom stereocenters. The van der Waals surface area contributed by atoms with Crippen LogP contribution in [0.2, 0.25) is 0 Å². The van der Waals surface area contributed by atoms with E-state index in [2.05, 4.69) is 31.2 Å². The number of aromatic nitrogens is 1. The van der Waals surface area contributed by atoms with Crippen molar-refractivity contribution in [3.05, 3.63) is 17.0 Å². The van der Waals surface area contributed by atoms with Gasteiger partial charge in [-0.1, -0.05) is 39.8 Å². The second-order valence-electron chi connectivity index (χ2n) is 6.63. The Bertz CT molecular complexity index is 439. The number of carbonyl (C=O) groups is 1. The molecule has 1 heterocycles. The zero-order chi connectivity index (χ0) is 16.0. The third kappa shape index (κ3) is 5.50. The molecule has 120 valence electrons. The van der Waals surface area contributed by atoms with Crippen LogP contribution in [0, 0.1) is 5.41 Å². The summed E-state index contributed by atoms with van der Waals surface area (Å²) in [5, 5.41) is 16.3. The summed E-state index contributed by atoms with van der Waals surface area (Å²) in [7, 11) is 0. The van der Waals surface area contributed by atoms with Crippen LogP contribution in [0.1, 0.15) is 58.1 Å². The van der Waals surface area contributed by atoms with Gasteiger partial charge in [0.25, 0.3) is 0 Å². The Kier molecular flexibility index (Phi) is 6.40. The molecule has 0 radical (unpaired) electrons. The second kappa shape index (κ2) is 7.59. The normalized spacial score (nSPS) is 13.2. The van der Waals surface area contributed by atoms with E-state index in [1.807, 2.05) is 13.8 Å². The SMILES string of the molecule is CCc1noc(CC)c1CC(=O)NC(CO)CC(C)(C)C. The van der Waals surface area contributed by atoms with Crippen LogP contribution in [0.4, 0.5) is 0 Å². The molecule has 0 aliphatic carbocycles. The molecule has 2 N–H and O–H groups in total. The first kappa shape index (κ1) is 17.7. The van der Waals surface area contributed by atoms with Crippen molar-refractivity contribution in [3.63, 3.8) is 0 Å². The van der Waals surface area contributed by atoms with Crippen LogP contribution in [0.25, 0.3) is 0 Å². The molecule has 0 aliphatic rings. The molecule has 1 aromatic heterocycles. The first-order chi connectivity index (χ1) is 9.80. The average Bonchev–Trinajstić information content (AvgIpc) is 2.78. The fraction of sp³-hybridized carbons (Fsp3) is 0.750. The maximum atomic E-state index is 12.2. The number of aliphatic hydroxyl groups excluding tert-OH is 1. The van der Waals surface area contributed by atoms with E-state index >= 15 is 0 Å². The molecular weight excluding hydrogens is 268 g/mol. The van der Waals surface area contributed by atoms with Crippen molar-refractivity contribution >= 4 is 5.91 Å². The molecule has 0 saturated carbocycles. The summed E-state index contributed by atoms with van der Waals surface area (Å²) in [6.07, 6.45) is 2.47. The van der Waals surface area contributed by atoms with Crippen molar-refractivity contribution in [1.82, 2.24) is 10.5 Å². The van der Waals surface area contributed by atoms with E-state index in [9.17, 15) is 9.90 Å². The number of rotatable bonds is 7. The monoisotopic (exact) mass is 296 g/mol. The van der Waals surface area contributed by atoms with E-state index in [1.165, 1.54) is 0 Å². The molecule has 0 bridgehead atoms. The van der Waals surface area contributed by atoms with Gasteiger partial charge in [0.05, 0.1) is 24.8 Å². The molecule has 0 fully saturated rings. The van der Waals surface area contributed by atoms with Gasteiger partial charge in [0.2, 0.25) is 5.91 Å². The second-order valence-corrected chi connectivity index (χ2v) is 6.63. The Labute approximate surface area is 127 Å². The Morgan fingerprint density at radius 1 is 1.33 bits per heavy atom. The number of hydrogen-bond acceptors (Lipinski definition) is 4. The van der Waals surface area contributed by atoms with E-state index in [-0.39, 0.29) is 30.4 Å². The summed E-state index contributed by atoms with van der Waals surface area (Å²) < 4.78 is 5.27. The standard InChI is InChI=1S/C16H28N2O3/c1-6-13-12(14(7-2)21-18-13)8-15(20)17-11(10-19)9-16(3,4)5/h11,19H,6-10H2,1-5H3,(H,17,20). The van der Waals surface area contributed by atoms with Crippen molar-refractivity contribution in [1.29, 1.82) is 0 Å². The van der Waals surface area contributed by atoms with Crippen LogP contribution in [-0.2, 0) is 24.1 Å². The van der Waals surface area contributed by atoms with Gasteiger partial charge < -0.3 is 14.9 Å². The van der Waals surface area contributed by atoms with Gasteiger partial charge in [-0.3, -0.25) is 4.79 Å². The quantitative estimate of drug-likeness (QED) is 0.809. The van der Waals surface area contributed by atoms with Gasteiger partial charge in [-0.2, -0.15) is 0 Å². The lowest BCUT2D eigenvalue weighted by Gasteiger charge is -2.25. The van der Waals surface area contributed by atoms with Gasteiger partial charge in [-0.25, -0.2) is 0 Å². The summed E-state index contributed by atoms with van der Waals surface area (Å²) in [4.78, 5) is 12.2. The van der Waals surface area contributed by atoms with E-state index in [0.717, 1.165) is 36.3 Å². The Hall–Kier alpha value is -1.36. The Morgan fingerprint density at radius 2 is 2.00 bits per heavy atom. The molecule has 21 heavy (non-hydrogen) atoms. The molecule has 1 amide bonds. The first-order valence-corrected chi connectivity index (χ1v) is 7.67. The van der Waals surface area contributed by atoms with Crippen molar-refractivity contribution in [2.75, 3.05) is 6.61 Å². The predicted octanol–water partition coefficient (Wildman–Crippen LogP) is 2.26. The zero-order valence-corrected chi connectivity index (χ0v) is 13.8. The average molecular weight is 296 g/mol. The van der Waals surface area contributed by atoms with Crippen LogP contribution < -0.4 is 5.32 Å². The van der Waals surface area contributed by atoms with Gasteiger partial charge in [-0.15, -0.1) is 0 Å². The lowest BCUT2D eigenvalue weighted by Crippen LogP contribution is -2.40. The summed E-state index contributed by atoms with van der Waals surface area (Å²) in [6.45, 7) is 10.2. The third-order valence-electron chi connectivity index (χ3n) is 3.39. The summed E-state index contributed by atoms with van der Waals surface area (Å²) in [5.41, 5.74) is 1.80. The minimum absolute atomic E-state index is 0.0477. The minimum atomic E-state index is -0.215. The van der Waals surface area contributed by atoms with Gasteiger partial charge in [0.1, 0.15) is 5.76 Å². The van der Waals surface area contributed by atoms with Gasteiger partial charge in [0, 0.05) is 12.0 Å². The smallest absolute Gasteiger partial charge is 0.224 e. The summed E-state index contributed by atoms with van der Waals surface area (Å²) in [6, 6.07) is -0.215. The fourth-order valence-corrected chi connectivity index (χ4v) is 2.48. The van der Waals surface area contributed by atoms with Crippen molar-refractivity contribution in [2.24, 2.45) is 5.41 Å². The van der Waals surface area contributed by atoms with Gasteiger partial charge in [-0.05, 0) is 18.3 Å². The lowest BCUT2D eigenvalue weighted by atomic mass is 9.88. The topological polar surface area (TPSA) is 75.4 Å². The van der Waals surface area contributed by atoms with Crippen LogP contribution in [0.15, 0.2) is 4.52 Å². The van der Waals surface area contributed by atoms with E-state index < -0.39 is 0 Å². The first-order valence-electron chi connectivity index (χ1n) is 7.67. The third-order valence-corrected chi connectivity index (χ3v) is 3.39. The fourth-order valence-electron chi connectivity index (χ4n) is 2.48. The molecule has 1 rings (SSSR count). The molecule has 1 unspecified atom stereocenters. The molecule has 1 aromatic rings. The largest absolute Gasteiger partial charge is 0.394 e. The summed E-state index contributed by atoms with van der Waals surface area (Å²) in [5.74, 6) is 0.685. The maximum absolute atomic E-state index is 12.2. The summed E-state index contributed by atoms with van der Waals surface area (Å²) >= 11 is 0. The zero-order valence-electron chi connectivity index (χ0n) is 13.8. The lowest BCUT2D eigenvalue weighted by molar-refractivity contribution is -0.121. The van der Waals surface area contributed by atoms with Crippen molar-refractivity contribution < 1.29 is 14.4 Å². The molecule has 0 spiro atoms. The molecule has 0 aliphatic heterocycles. The van der Waals surface area contributed by atoms with E-state index in [0.29, 0.717) is 0 Å². The van der Waals surface area contributed by atoms with Crippen molar-refractivity contribution in [2.45, 2.75) is 66.3 Å². The highest BCUT2D eigenvalue weighted by molar-refractivity contribution is 5.79. The highest BCUT2D eigenvalue weighted by Crippen LogP contribution is 2.21. The van der Waals surface area contributed by atoms with Crippen LogP contribution in [0.3, 0.4) is 0 Å². The maximum Gasteiger partial charge on any atom is 0.224 e. The number of nitrogens with one attached hydrogen (secondary N) is 1. The minimum Gasteiger partial charge on any atom is -0.394 e. The van der Waals surface area contributed by atoms with E-state index in [4.69, 9.17) is 4.52 Å². The van der Waals surface area contributed by atoms with Crippen LogP contribution in [-0.4, -0.2) is 28.8 Å². The van der Waals surface area contributed by atoms with Gasteiger partial charge >= 0.3 is 0 Å². The molecule has 0 aromatic carbocycles. The van der Waals surface area contributed by atoms with Crippen LogP contribution >= 0.6 is 0 Å². The highest BCUT2D eigenvalue weighted by atomic mass is 16.5. The predicted molar refractivity (Wildman–Crippen MR) is 82.1 cm³/mol. The molecule has 5 heteroatoms. The van der Waals surface area contributed by atoms with E-state index in [1.54, 1.807) is 0 Å². The number of aliphatic hydroxyl groups is 1. The molecule has 0 saturated heterocycles.